The topological polar surface area (TPSA) is 35.2 Å². The smallest absolute Gasteiger partial charge is 0.136 e. The van der Waals surface area contributed by atoms with Crippen LogP contribution in [0.3, 0.4) is 0 Å². The number of ether oxygens (including phenoxy) is 1. The Hall–Kier alpha value is -1.32. The van der Waals surface area contributed by atoms with Gasteiger partial charge in [-0.25, -0.2) is 0 Å². The number of hydrogen-bond acceptors (Lipinski definition) is 2. The first-order chi connectivity index (χ1) is 9.60. The molecule has 0 saturated carbocycles. The van der Waals surface area contributed by atoms with Gasteiger partial charge in [0.05, 0.1) is 0 Å². The fourth-order valence-electron chi connectivity index (χ4n) is 2.07. The Balaban J connectivity index is 2.20. The third kappa shape index (κ3) is 3.84. The van der Waals surface area contributed by atoms with Gasteiger partial charge in [0.25, 0.3) is 0 Å². The predicted molar refractivity (Wildman–Crippen MR) is 87.1 cm³/mol. The van der Waals surface area contributed by atoms with Crippen LogP contribution in [0.15, 0.2) is 53.0 Å². The van der Waals surface area contributed by atoms with Gasteiger partial charge in [0, 0.05) is 11.0 Å². The number of rotatable bonds is 5. The van der Waals surface area contributed by atoms with Crippen molar-refractivity contribution >= 4 is 15.9 Å². The molecule has 0 radical (unpaired) electrons. The second kappa shape index (κ2) is 6.91. The van der Waals surface area contributed by atoms with Crippen LogP contribution in [0.25, 0.3) is 0 Å². The van der Waals surface area contributed by atoms with Gasteiger partial charge in [0.15, 0.2) is 0 Å². The zero-order valence-corrected chi connectivity index (χ0v) is 13.4. The Morgan fingerprint density at radius 3 is 2.40 bits per heavy atom. The molecule has 0 fully saturated rings. The molecule has 0 amide bonds. The van der Waals surface area contributed by atoms with Crippen molar-refractivity contribution in [3.05, 3.63) is 64.1 Å². The summed E-state index contributed by atoms with van der Waals surface area (Å²) in [4.78, 5) is 0. The Labute approximate surface area is 129 Å². The minimum atomic E-state index is -0.130. The lowest BCUT2D eigenvalue weighted by atomic mass is 10.0. The maximum absolute atomic E-state index is 6.05. The van der Waals surface area contributed by atoms with Gasteiger partial charge in [0.2, 0.25) is 0 Å². The van der Waals surface area contributed by atoms with Gasteiger partial charge >= 0.3 is 0 Å². The van der Waals surface area contributed by atoms with E-state index in [0.29, 0.717) is 12.5 Å². The van der Waals surface area contributed by atoms with Gasteiger partial charge in [0.1, 0.15) is 11.9 Å². The van der Waals surface area contributed by atoms with E-state index in [1.165, 1.54) is 5.56 Å². The molecule has 0 aromatic heterocycles. The molecule has 1 unspecified atom stereocenters. The number of hydrogen-bond donors (Lipinski definition) is 1. The van der Waals surface area contributed by atoms with Crippen molar-refractivity contribution in [2.24, 2.45) is 5.73 Å². The normalized spacial score (nSPS) is 12.4. The summed E-state index contributed by atoms with van der Waals surface area (Å²) in [6.07, 6.45) is -0.130. The first-order valence-corrected chi connectivity index (χ1v) is 7.61. The standard InChI is InChI=1S/C17H20BrNO/c1-12(2)13-5-4-8-16(10-13)20-17(11-19)14-6-3-7-15(18)9-14/h3-10,12,17H,11,19H2,1-2H3. The maximum atomic E-state index is 6.05. The summed E-state index contributed by atoms with van der Waals surface area (Å²) in [5.74, 6) is 1.35. The molecule has 0 saturated heterocycles. The van der Waals surface area contributed by atoms with Gasteiger partial charge in [-0.15, -0.1) is 0 Å². The number of halogens is 1. The van der Waals surface area contributed by atoms with E-state index in [9.17, 15) is 0 Å². The highest BCUT2D eigenvalue weighted by Crippen LogP contribution is 2.26. The monoisotopic (exact) mass is 333 g/mol. The Morgan fingerprint density at radius 1 is 1.05 bits per heavy atom. The van der Waals surface area contributed by atoms with Crippen LogP contribution >= 0.6 is 15.9 Å². The Morgan fingerprint density at radius 2 is 1.75 bits per heavy atom. The first kappa shape index (κ1) is 15.1. The highest BCUT2D eigenvalue weighted by Gasteiger charge is 2.12. The molecule has 2 nitrogen and oxygen atoms in total. The molecular formula is C17H20BrNO. The van der Waals surface area contributed by atoms with Crippen molar-refractivity contribution in [2.45, 2.75) is 25.9 Å². The fraction of sp³-hybridized carbons (Fsp3) is 0.294. The molecule has 2 N–H and O–H groups in total. The van der Waals surface area contributed by atoms with Crippen molar-refractivity contribution in [1.29, 1.82) is 0 Å². The summed E-state index contributed by atoms with van der Waals surface area (Å²) >= 11 is 3.48. The van der Waals surface area contributed by atoms with Gasteiger partial charge in [-0.05, 0) is 41.3 Å². The zero-order chi connectivity index (χ0) is 14.5. The highest BCUT2D eigenvalue weighted by atomic mass is 79.9. The molecular weight excluding hydrogens is 314 g/mol. The summed E-state index contributed by atoms with van der Waals surface area (Å²) in [5, 5.41) is 0. The van der Waals surface area contributed by atoms with E-state index in [-0.39, 0.29) is 6.10 Å². The predicted octanol–water partition coefficient (Wildman–Crippen LogP) is 4.65. The minimum absolute atomic E-state index is 0.130. The quantitative estimate of drug-likeness (QED) is 0.864. The summed E-state index contributed by atoms with van der Waals surface area (Å²) < 4.78 is 7.08. The zero-order valence-electron chi connectivity index (χ0n) is 11.8. The van der Waals surface area contributed by atoms with Crippen molar-refractivity contribution in [3.63, 3.8) is 0 Å². The second-order valence-corrected chi connectivity index (χ2v) is 6.04. The second-order valence-electron chi connectivity index (χ2n) is 5.12. The molecule has 3 heteroatoms. The molecule has 1 atom stereocenters. The van der Waals surface area contributed by atoms with E-state index in [0.717, 1.165) is 15.8 Å². The fourth-order valence-corrected chi connectivity index (χ4v) is 2.49. The van der Waals surface area contributed by atoms with E-state index >= 15 is 0 Å². The lowest BCUT2D eigenvalue weighted by Gasteiger charge is -2.19. The van der Waals surface area contributed by atoms with E-state index in [1.807, 2.05) is 36.4 Å². The molecule has 2 aromatic carbocycles. The SMILES string of the molecule is CC(C)c1cccc(OC(CN)c2cccc(Br)c2)c1. The van der Waals surface area contributed by atoms with Crippen LogP contribution in [0.4, 0.5) is 0 Å². The molecule has 0 aliphatic carbocycles. The molecule has 106 valence electrons. The minimum Gasteiger partial charge on any atom is -0.484 e. The molecule has 0 spiro atoms. The summed E-state index contributed by atoms with van der Waals surface area (Å²) in [6, 6.07) is 16.3. The largest absolute Gasteiger partial charge is 0.484 e. The first-order valence-electron chi connectivity index (χ1n) is 6.82. The molecule has 0 heterocycles. The van der Waals surface area contributed by atoms with Crippen molar-refractivity contribution in [3.8, 4) is 5.75 Å². The molecule has 2 rings (SSSR count). The van der Waals surface area contributed by atoms with Crippen LogP contribution in [0.1, 0.15) is 37.0 Å². The van der Waals surface area contributed by atoms with Gasteiger partial charge in [-0.3, -0.25) is 0 Å². The molecule has 2 aromatic rings. The lowest BCUT2D eigenvalue weighted by molar-refractivity contribution is 0.214. The lowest BCUT2D eigenvalue weighted by Crippen LogP contribution is -2.18. The van der Waals surface area contributed by atoms with Crippen LogP contribution in [0, 0.1) is 0 Å². The third-order valence-corrected chi connectivity index (χ3v) is 3.73. The summed E-state index contributed by atoms with van der Waals surface area (Å²) in [6.45, 7) is 4.80. The maximum Gasteiger partial charge on any atom is 0.136 e. The van der Waals surface area contributed by atoms with E-state index in [1.54, 1.807) is 0 Å². The van der Waals surface area contributed by atoms with Crippen LogP contribution < -0.4 is 10.5 Å². The van der Waals surface area contributed by atoms with E-state index < -0.39 is 0 Å². The average molecular weight is 334 g/mol. The molecule has 20 heavy (non-hydrogen) atoms. The van der Waals surface area contributed by atoms with Crippen LogP contribution in [-0.4, -0.2) is 6.54 Å². The van der Waals surface area contributed by atoms with Gasteiger partial charge in [-0.1, -0.05) is 54.0 Å². The Bertz CT molecular complexity index is 568. The molecule has 0 bridgehead atoms. The van der Waals surface area contributed by atoms with Crippen molar-refractivity contribution in [1.82, 2.24) is 0 Å². The summed E-state index contributed by atoms with van der Waals surface area (Å²) in [5.41, 5.74) is 8.21. The summed E-state index contributed by atoms with van der Waals surface area (Å²) in [7, 11) is 0. The number of nitrogens with two attached hydrogens (primary N) is 1. The van der Waals surface area contributed by atoms with Crippen molar-refractivity contribution < 1.29 is 4.74 Å². The molecule has 0 aliphatic rings. The van der Waals surface area contributed by atoms with E-state index in [2.05, 4.69) is 41.9 Å². The molecule has 0 aliphatic heterocycles. The Kier molecular flexibility index (Phi) is 5.21. The van der Waals surface area contributed by atoms with Crippen LogP contribution in [-0.2, 0) is 0 Å². The number of benzene rings is 2. The highest BCUT2D eigenvalue weighted by molar-refractivity contribution is 9.10. The van der Waals surface area contributed by atoms with Gasteiger partial charge < -0.3 is 10.5 Å². The third-order valence-electron chi connectivity index (χ3n) is 3.24. The van der Waals surface area contributed by atoms with Crippen LogP contribution in [0.5, 0.6) is 5.75 Å². The van der Waals surface area contributed by atoms with Crippen molar-refractivity contribution in [2.75, 3.05) is 6.54 Å². The van der Waals surface area contributed by atoms with Crippen LogP contribution in [0.2, 0.25) is 0 Å². The average Bonchev–Trinajstić information content (AvgIpc) is 2.45. The van der Waals surface area contributed by atoms with Gasteiger partial charge in [-0.2, -0.15) is 0 Å². The van der Waals surface area contributed by atoms with E-state index in [4.69, 9.17) is 10.5 Å².